The van der Waals surface area contributed by atoms with Gasteiger partial charge in [0.2, 0.25) is 5.91 Å². The Morgan fingerprint density at radius 3 is 2.78 bits per heavy atom. The molecule has 1 fully saturated rings. The van der Waals surface area contributed by atoms with Crippen LogP contribution in [0.1, 0.15) is 38.3 Å². The van der Waals surface area contributed by atoms with Gasteiger partial charge in [0.1, 0.15) is 5.75 Å². The predicted octanol–water partition coefficient (Wildman–Crippen LogP) is 3.28. The number of alkyl halides is 2. The lowest BCUT2D eigenvalue weighted by Gasteiger charge is -2.33. The zero-order valence-electron chi connectivity index (χ0n) is 13.3. The van der Waals surface area contributed by atoms with Crippen LogP contribution in [-0.4, -0.2) is 25.6 Å². The topological polar surface area (TPSA) is 50.4 Å². The molecular weight excluding hydrogens is 326 g/mol. The van der Waals surface area contributed by atoms with Crippen LogP contribution in [0.3, 0.4) is 0 Å². The van der Waals surface area contributed by atoms with E-state index in [1.165, 1.54) is 12.1 Å². The number of halogens is 3. The highest BCUT2D eigenvalue weighted by molar-refractivity contribution is 5.85. The quantitative estimate of drug-likeness (QED) is 0.858. The number of nitrogens with one attached hydrogen (secondary N) is 2. The lowest BCUT2D eigenvalue weighted by Crippen LogP contribution is -2.49. The van der Waals surface area contributed by atoms with Crippen LogP contribution >= 0.6 is 12.4 Å². The number of rotatable bonds is 5. The largest absolute Gasteiger partial charge is 0.435 e. The van der Waals surface area contributed by atoms with Crippen molar-refractivity contribution in [2.45, 2.75) is 39.3 Å². The molecule has 1 aromatic carbocycles. The fraction of sp³-hybridized carbons (Fsp3) is 0.562. The Morgan fingerprint density at radius 1 is 1.43 bits per heavy atom. The van der Waals surface area contributed by atoms with E-state index in [9.17, 15) is 13.6 Å². The van der Waals surface area contributed by atoms with Crippen molar-refractivity contribution in [3.63, 3.8) is 0 Å². The highest BCUT2D eigenvalue weighted by atomic mass is 35.5. The van der Waals surface area contributed by atoms with Crippen LogP contribution in [-0.2, 0) is 4.79 Å². The number of hydrogen-bond donors (Lipinski definition) is 2. The van der Waals surface area contributed by atoms with Crippen molar-refractivity contribution in [1.82, 2.24) is 10.6 Å². The zero-order chi connectivity index (χ0) is 16.2. The van der Waals surface area contributed by atoms with Gasteiger partial charge in [-0.05, 0) is 50.9 Å². The van der Waals surface area contributed by atoms with Gasteiger partial charge in [0, 0.05) is 6.54 Å². The summed E-state index contributed by atoms with van der Waals surface area (Å²) in [6.07, 6.45) is 1.81. The van der Waals surface area contributed by atoms with Gasteiger partial charge in [-0.2, -0.15) is 8.78 Å². The summed E-state index contributed by atoms with van der Waals surface area (Å²) in [6, 6.07) is 6.15. The van der Waals surface area contributed by atoms with Gasteiger partial charge in [-0.25, -0.2) is 0 Å². The van der Waals surface area contributed by atoms with E-state index >= 15 is 0 Å². The highest BCUT2D eigenvalue weighted by Crippen LogP contribution is 2.27. The molecule has 1 heterocycles. The molecule has 0 spiro atoms. The van der Waals surface area contributed by atoms with Gasteiger partial charge in [-0.1, -0.05) is 12.1 Å². The second kappa shape index (κ2) is 8.45. The Balaban J connectivity index is 0.00000264. The van der Waals surface area contributed by atoms with Crippen LogP contribution < -0.4 is 15.4 Å². The summed E-state index contributed by atoms with van der Waals surface area (Å²) >= 11 is 0. The summed E-state index contributed by atoms with van der Waals surface area (Å²) in [5.41, 5.74) is 0.308. The standard InChI is InChI=1S/C16H22F2N2O2.ClH/c1-11(12-5-3-6-13(9-12)22-15(17)18)20-14(21)16(2)7-4-8-19-10-16;/h3,5-6,9,11,15,19H,4,7-8,10H2,1-2H3,(H,20,21);1H. The molecule has 1 amide bonds. The fourth-order valence-corrected chi connectivity index (χ4v) is 2.66. The number of carbonyl (C=O) groups is 1. The Kier molecular flexibility index (Phi) is 7.22. The molecule has 0 aromatic heterocycles. The maximum atomic E-state index is 12.5. The first-order valence-corrected chi connectivity index (χ1v) is 7.47. The van der Waals surface area contributed by atoms with Crippen LogP contribution in [0.5, 0.6) is 5.75 Å². The molecule has 0 saturated carbocycles. The molecule has 0 aliphatic carbocycles. The molecular formula is C16H23ClF2N2O2. The van der Waals surface area contributed by atoms with Gasteiger partial charge in [-0.3, -0.25) is 4.79 Å². The first-order valence-electron chi connectivity index (χ1n) is 7.47. The summed E-state index contributed by atoms with van der Waals surface area (Å²) in [5.74, 6) is 0.0755. The van der Waals surface area contributed by atoms with Crippen molar-refractivity contribution in [3.8, 4) is 5.75 Å². The number of piperidine rings is 1. The molecule has 1 aromatic rings. The van der Waals surface area contributed by atoms with E-state index in [1.54, 1.807) is 12.1 Å². The van der Waals surface area contributed by atoms with Gasteiger partial charge in [0.25, 0.3) is 0 Å². The SMILES string of the molecule is CC(NC(=O)C1(C)CCCNC1)c1cccc(OC(F)F)c1.Cl. The molecule has 4 nitrogen and oxygen atoms in total. The second-order valence-corrected chi connectivity index (χ2v) is 5.99. The normalized spacial score (nSPS) is 22.1. The molecule has 130 valence electrons. The van der Waals surface area contributed by atoms with Gasteiger partial charge < -0.3 is 15.4 Å². The summed E-state index contributed by atoms with van der Waals surface area (Å²) in [5, 5.41) is 6.20. The molecule has 23 heavy (non-hydrogen) atoms. The van der Waals surface area contributed by atoms with Crippen LogP contribution in [0.2, 0.25) is 0 Å². The number of carbonyl (C=O) groups excluding carboxylic acids is 1. The molecule has 2 atom stereocenters. The molecule has 7 heteroatoms. The summed E-state index contributed by atoms with van der Waals surface area (Å²) < 4.78 is 28.9. The van der Waals surface area contributed by atoms with Crippen LogP contribution in [0, 0.1) is 5.41 Å². The minimum Gasteiger partial charge on any atom is -0.435 e. The van der Waals surface area contributed by atoms with Crippen molar-refractivity contribution in [1.29, 1.82) is 0 Å². The predicted molar refractivity (Wildman–Crippen MR) is 87.1 cm³/mol. The van der Waals surface area contributed by atoms with Gasteiger partial charge in [-0.15, -0.1) is 12.4 Å². The third-order valence-corrected chi connectivity index (χ3v) is 4.08. The summed E-state index contributed by atoms with van der Waals surface area (Å²) in [6.45, 7) is 2.51. The number of benzene rings is 1. The first kappa shape index (κ1) is 19.6. The number of ether oxygens (including phenoxy) is 1. The molecule has 0 radical (unpaired) electrons. The highest BCUT2D eigenvalue weighted by Gasteiger charge is 2.35. The number of hydrogen-bond acceptors (Lipinski definition) is 3. The Bertz CT molecular complexity index is 523. The van der Waals surface area contributed by atoms with Gasteiger partial charge in [0.15, 0.2) is 0 Å². The van der Waals surface area contributed by atoms with Crippen molar-refractivity contribution in [3.05, 3.63) is 29.8 Å². The smallest absolute Gasteiger partial charge is 0.387 e. The molecule has 1 aliphatic rings. The zero-order valence-corrected chi connectivity index (χ0v) is 14.1. The van der Waals surface area contributed by atoms with E-state index in [4.69, 9.17) is 0 Å². The Labute approximate surface area is 141 Å². The number of amides is 1. The lowest BCUT2D eigenvalue weighted by atomic mass is 9.81. The minimum atomic E-state index is -2.85. The Hall–Kier alpha value is -1.40. The minimum absolute atomic E-state index is 0. The lowest BCUT2D eigenvalue weighted by molar-refractivity contribution is -0.131. The molecule has 0 bridgehead atoms. The molecule has 2 rings (SSSR count). The van der Waals surface area contributed by atoms with E-state index in [1.807, 2.05) is 13.8 Å². The van der Waals surface area contributed by atoms with E-state index < -0.39 is 12.0 Å². The third kappa shape index (κ3) is 5.32. The average molecular weight is 349 g/mol. The summed E-state index contributed by atoms with van der Waals surface area (Å²) in [7, 11) is 0. The first-order chi connectivity index (χ1) is 10.4. The van der Waals surface area contributed by atoms with Crippen molar-refractivity contribution in [2.24, 2.45) is 5.41 Å². The maximum Gasteiger partial charge on any atom is 0.387 e. The average Bonchev–Trinajstić information content (AvgIpc) is 2.47. The Morgan fingerprint density at radius 2 is 2.17 bits per heavy atom. The molecule has 1 saturated heterocycles. The molecule has 2 N–H and O–H groups in total. The fourth-order valence-electron chi connectivity index (χ4n) is 2.66. The second-order valence-electron chi connectivity index (χ2n) is 5.99. The maximum absolute atomic E-state index is 12.5. The van der Waals surface area contributed by atoms with Crippen LogP contribution in [0.4, 0.5) is 8.78 Å². The van der Waals surface area contributed by atoms with Gasteiger partial charge in [0.05, 0.1) is 11.5 Å². The van der Waals surface area contributed by atoms with E-state index in [0.29, 0.717) is 6.54 Å². The van der Waals surface area contributed by atoms with E-state index in [-0.39, 0.29) is 30.1 Å². The van der Waals surface area contributed by atoms with Crippen LogP contribution in [0.25, 0.3) is 0 Å². The van der Waals surface area contributed by atoms with E-state index in [2.05, 4.69) is 15.4 Å². The van der Waals surface area contributed by atoms with Crippen molar-refractivity contribution < 1.29 is 18.3 Å². The van der Waals surface area contributed by atoms with E-state index in [0.717, 1.165) is 24.9 Å². The van der Waals surface area contributed by atoms with Crippen molar-refractivity contribution >= 4 is 18.3 Å². The summed E-state index contributed by atoms with van der Waals surface area (Å²) in [4.78, 5) is 12.5. The van der Waals surface area contributed by atoms with Crippen LogP contribution in [0.15, 0.2) is 24.3 Å². The molecule has 2 unspecified atom stereocenters. The monoisotopic (exact) mass is 348 g/mol. The molecule has 1 aliphatic heterocycles. The third-order valence-electron chi connectivity index (χ3n) is 4.08. The van der Waals surface area contributed by atoms with Crippen molar-refractivity contribution in [2.75, 3.05) is 13.1 Å². The van der Waals surface area contributed by atoms with Gasteiger partial charge >= 0.3 is 6.61 Å².